The van der Waals surface area contributed by atoms with E-state index in [1.165, 1.54) is 0 Å². The molecule has 0 aliphatic heterocycles. The Morgan fingerprint density at radius 2 is 1.55 bits per heavy atom. The summed E-state index contributed by atoms with van der Waals surface area (Å²) in [4.78, 5) is 0. The molecule has 0 aromatic rings. The van der Waals surface area contributed by atoms with Crippen molar-refractivity contribution < 1.29 is 21.7 Å². The van der Waals surface area contributed by atoms with E-state index in [9.17, 15) is 0 Å². The van der Waals surface area contributed by atoms with Gasteiger partial charge in [0, 0.05) is 13.7 Å². The van der Waals surface area contributed by atoms with E-state index in [-0.39, 0.29) is 12.4 Å². The number of hydrogen-bond donors (Lipinski definition) is 2. The Bertz CT molecular complexity index is 57.3. The fourth-order valence-corrected chi connectivity index (χ4v) is 0.118. The molecule has 0 saturated carbocycles. The highest BCUT2D eigenvalue weighted by Gasteiger charge is 1.89. The summed E-state index contributed by atoms with van der Waals surface area (Å²) < 4.78 is 5.07. The Kier molecular flexibility index (Phi) is 15.9. The molecule has 72 valence electrons. The lowest BCUT2D eigenvalue weighted by Crippen LogP contribution is -3.00. The van der Waals surface area contributed by atoms with E-state index in [0.29, 0.717) is 17.7 Å². The van der Waals surface area contributed by atoms with Gasteiger partial charge in [-0.1, -0.05) is 0 Å². The van der Waals surface area contributed by atoms with Crippen molar-refractivity contribution in [3.63, 3.8) is 0 Å². The minimum absolute atomic E-state index is 0. The molecule has 0 heterocycles. The van der Waals surface area contributed by atoms with Crippen LogP contribution in [0.3, 0.4) is 0 Å². The van der Waals surface area contributed by atoms with E-state index in [2.05, 4.69) is 4.74 Å². The summed E-state index contributed by atoms with van der Waals surface area (Å²) in [7, 11) is 7.34. The average Bonchev–Trinajstić information content (AvgIpc) is 1.63. The van der Waals surface area contributed by atoms with Crippen molar-refractivity contribution in [2.24, 2.45) is 11.6 Å². The zero-order valence-corrected chi connectivity index (χ0v) is 8.56. The minimum atomic E-state index is 0. The molecule has 0 aliphatic carbocycles. The van der Waals surface area contributed by atoms with Crippen LogP contribution in [0, 0.1) is 0 Å². The molecule has 0 aliphatic rings. The van der Waals surface area contributed by atoms with E-state index in [1.807, 2.05) is 21.1 Å². The third-order valence-corrected chi connectivity index (χ3v) is 0.322. The van der Waals surface area contributed by atoms with Crippen molar-refractivity contribution in [1.29, 1.82) is 0 Å². The molecule has 4 N–H and O–H groups in total. The molecule has 0 atom stereocenters. The highest BCUT2D eigenvalue weighted by Crippen LogP contribution is 1.65. The zero-order valence-electron chi connectivity index (χ0n) is 7.80. The first-order valence-corrected chi connectivity index (χ1v) is 3.21. The number of quaternary nitrogens is 1. The van der Waals surface area contributed by atoms with Crippen molar-refractivity contribution in [2.45, 2.75) is 0 Å². The fourth-order valence-electron chi connectivity index (χ4n) is 0.118. The SMILES string of the molecule is COCCN.C[N+](C)(C)N.[Cl-]. The molecular formula is C6H20ClN3O. The molecule has 0 amide bonds. The van der Waals surface area contributed by atoms with E-state index >= 15 is 0 Å². The third kappa shape index (κ3) is 148. The molecule has 0 aromatic carbocycles. The molecule has 0 aromatic heterocycles. The van der Waals surface area contributed by atoms with Gasteiger partial charge in [0.1, 0.15) is 0 Å². The molecule has 0 spiro atoms. The summed E-state index contributed by atoms with van der Waals surface area (Å²) in [6.07, 6.45) is 0. The van der Waals surface area contributed by atoms with Crippen LogP contribution in [0.25, 0.3) is 0 Å². The Hall–Kier alpha value is 0.130. The van der Waals surface area contributed by atoms with Crippen LogP contribution in [0.5, 0.6) is 0 Å². The lowest BCUT2D eigenvalue weighted by molar-refractivity contribution is -0.882. The van der Waals surface area contributed by atoms with Gasteiger partial charge in [0.05, 0.1) is 27.7 Å². The van der Waals surface area contributed by atoms with Gasteiger partial charge in [0.25, 0.3) is 0 Å². The Labute approximate surface area is 75.5 Å². The summed E-state index contributed by atoms with van der Waals surface area (Å²) in [5.74, 6) is 5.29. The highest BCUT2D eigenvalue weighted by atomic mass is 35.5. The van der Waals surface area contributed by atoms with Crippen LogP contribution >= 0.6 is 0 Å². The Morgan fingerprint density at radius 3 is 1.55 bits per heavy atom. The van der Waals surface area contributed by atoms with Crippen molar-refractivity contribution >= 4 is 0 Å². The van der Waals surface area contributed by atoms with Gasteiger partial charge in [0.2, 0.25) is 0 Å². The van der Waals surface area contributed by atoms with Crippen LogP contribution in [-0.4, -0.2) is 46.0 Å². The predicted molar refractivity (Wildman–Crippen MR) is 43.2 cm³/mol. The number of halogens is 1. The van der Waals surface area contributed by atoms with Gasteiger partial charge in [-0.2, -0.15) is 5.84 Å². The second-order valence-electron chi connectivity index (χ2n) is 2.90. The lowest BCUT2D eigenvalue weighted by Gasteiger charge is -2.12. The minimum Gasteiger partial charge on any atom is -1.00 e. The molecule has 5 heteroatoms. The maximum absolute atomic E-state index is 5.29. The predicted octanol–water partition coefficient (Wildman–Crippen LogP) is -3.84. The first-order chi connectivity index (χ1) is 4.41. The van der Waals surface area contributed by atoms with Gasteiger partial charge in [-0.25, -0.2) is 0 Å². The number of hydrogen-bond acceptors (Lipinski definition) is 3. The molecule has 4 nitrogen and oxygen atoms in total. The summed E-state index contributed by atoms with van der Waals surface area (Å²) in [6, 6.07) is 0. The monoisotopic (exact) mass is 185 g/mol. The number of nitrogens with zero attached hydrogens (tertiary/aromatic N) is 1. The third-order valence-electron chi connectivity index (χ3n) is 0.322. The first-order valence-electron chi connectivity index (χ1n) is 3.21. The summed E-state index contributed by atoms with van der Waals surface area (Å²) in [5, 5.41) is 0. The quantitative estimate of drug-likeness (QED) is 0.263. The molecular weight excluding hydrogens is 166 g/mol. The molecule has 0 rings (SSSR count). The standard InChI is InChI=1S/C3H11N2.C3H9NO.ClH/c1-5(2,3)4;1-5-3-2-4;/h4H2,1-3H3;2-4H2,1H3;1H/q+1;;/p-1. The molecule has 0 bridgehead atoms. The van der Waals surface area contributed by atoms with Gasteiger partial charge in [0.15, 0.2) is 0 Å². The maximum Gasteiger partial charge on any atom is 0.0851 e. The van der Waals surface area contributed by atoms with Crippen LogP contribution in [0.2, 0.25) is 0 Å². The number of methoxy groups -OCH3 is 1. The van der Waals surface area contributed by atoms with Gasteiger partial charge < -0.3 is 22.9 Å². The van der Waals surface area contributed by atoms with Gasteiger partial charge in [-0.15, -0.1) is 0 Å². The lowest BCUT2D eigenvalue weighted by atomic mass is 10.7. The maximum atomic E-state index is 5.29. The molecule has 11 heavy (non-hydrogen) atoms. The number of nitrogens with two attached hydrogens (primary N) is 2. The summed E-state index contributed by atoms with van der Waals surface area (Å²) in [5.41, 5.74) is 5.01. The van der Waals surface area contributed by atoms with Crippen LogP contribution < -0.4 is 24.0 Å². The average molecular weight is 186 g/mol. The number of ether oxygens (including phenoxy) is 1. The van der Waals surface area contributed by atoms with E-state index in [4.69, 9.17) is 11.6 Å². The van der Waals surface area contributed by atoms with Crippen molar-refractivity contribution in [3.8, 4) is 0 Å². The topological polar surface area (TPSA) is 61.3 Å². The second kappa shape index (κ2) is 10.1. The number of rotatable bonds is 2. The fraction of sp³-hybridized carbons (Fsp3) is 1.00. The van der Waals surface area contributed by atoms with E-state index in [1.54, 1.807) is 7.11 Å². The first kappa shape index (κ1) is 17.3. The summed E-state index contributed by atoms with van der Waals surface area (Å²) in [6.45, 7) is 1.29. The summed E-state index contributed by atoms with van der Waals surface area (Å²) >= 11 is 0. The second-order valence-corrected chi connectivity index (χ2v) is 2.90. The van der Waals surface area contributed by atoms with Crippen molar-refractivity contribution in [2.75, 3.05) is 41.4 Å². The molecule has 0 radical (unpaired) electrons. The molecule has 0 fully saturated rings. The van der Waals surface area contributed by atoms with E-state index < -0.39 is 0 Å². The van der Waals surface area contributed by atoms with Crippen LogP contribution in [-0.2, 0) is 4.74 Å². The van der Waals surface area contributed by atoms with Crippen molar-refractivity contribution in [3.05, 3.63) is 0 Å². The molecule has 0 unspecified atom stereocenters. The van der Waals surface area contributed by atoms with E-state index in [0.717, 1.165) is 0 Å². The molecule has 0 saturated heterocycles. The highest BCUT2D eigenvalue weighted by molar-refractivity contribution is 4.22. The normalized spacial score (nSPS) is 9.27. The van der Waals surface area contributed by atoms with Gasteiger partial charge in [-0.3, -0.25) is 4.59 Å². The smallest absolute Gasteiger partial charge is 0.0851 e. The largest absolute Gasteiger partial charge is 1.00 e. The zero-order chi connectivity index (χ0) is 8.62. The van der Waals surface area contributed by atoms with Crippen LogP contribution in [0.15, 0.2) is 0 Å². The van der Waals surface area contributed by atoms with Crippen molar-refractivity contribution in [1.82, 2.24) is 0 Å². The van der Waals surface area contributed by atoms with Gasteiger partial charge >= 0.3 is 0 Å². The Balaban J connectivity index is -0.000000107. The van der Waals surface area contributed by atoms with Crippen LogP contribution in [0.4, 0.5) is 0 Å². The Morgan fingerprint density at radius 1 is 1.27 bits per heavy atom. The van der Waals surface area contributed by atoms with Crippen LogP contribution in [0.1, 0.15) is 0 Å². The van der Waals surface area contributed by atoms with Gasteiger partial charge in [-0.05, 0) is 0 Å².